The Balaban J connectivity index is 1.80. The number of Topliss-reactive ketones (excluding diaryl/α,β-unsaturated/α-hetero) is 1. The fourth-order valence-electron chi connectivity index (χ4n) is 2.92. The Bertz CT molecular complexity index is 461. The van der Waals surface area contributed by atoms with E-state index >= 15 is 0 Å². The molecule has 0 aromatic heterocycles. The molecule has 102 valence electrons. The van der Waals surface area contributed by atoms with Gasteiger partial charge in [-0.15, -0.1) is 0 Å². The molecule has 0 N–H and O–H groups in total. The van der Waals surface area contributed by atoms with E-state index in [-0.39, 0.29) is 11.7 Å². The van der Waals surface area contributed by atoms with Crippen molar-refractivity contribution in [3.63, 3.8) is 0 Å². The monoisotopic (exact) mass is 260 g/mol. The number of ether oxygens (including phenoxy) is 2. The molecule has 1 aliphatic carbocycles. The summed E-state index contributed by atoms with van der Waals surface area (Å²) in [7, 11) is 0. The minimum absolute atomic E-state index is 0.207. The Labute approximate surface area is 113 Å². The van der Waals surface area contributed by atoms with Crippen LogP contribution in [0.25, 0.3) is 0 Å². The zero-order valence-corrected chi connectivity index (χ0v) is 11.2. The molecule has 0 saturated heterocycles. The van der Waals surface area contributed by atoms with Gasteiger partial charge in [0.2, 0.25) is 0 Å². The summed E-state index contributed by atoms with van der Waals surface area (Å²) < 4.78 is 11.2. The van der Waals surface area contributed by atoms with E-state index in [0.717, 1.165) is 36.3 Å². The van der Waals surface area contributed by atoms with Gasteiger partial charge in [-0.05, 0) is 31.0 Å². The van der Waals surface area contributed by atoms with Crippen LogP contribution in [-0.2, 0) is 0 Å². The standard InChI is InChI=1S/C16H20O3/c17-16(12-5-2-1-3-6-12)13-7-8-14-15(11-13)19-10-4-9-18-14/h7-8,11-12H,1-6,9-10H2. The molecule has 1 aliphatic heterocycles. The van der Waals surface area contributed by atoms with Gasteiger partial charge in [-0.1, -0.05) is 19.3 Å². The van der Waals surface area contributed by atoms with Crippen molar-refractivity contribution in [1.29, 1.82) is 0 Å². The first-order valence-corrected chi connectivity index (χ1v) is 7.28. The van der Waals surface area contributed by atoms with Crippen LogP contribution in [-0.4, -0.2) is 19.0 Å². The minimum Gasteiger partial charge on any atom is -0.490 e. The lowest BCUT2D eigenvalue weighted by molar-refractivity contribution is 0.0889. The summed E-state index contributed by atoms with van der Waals surface area (Å²) >= 11 is 0. The lowest BCUT2D eigenvalue weighted by atomic mass is 9.84. The molecule has 0 unspecified atom stereocenters. The highest BCUT2D eigenvalue weighted by atomic mass is 16.5. The van der Waals surface area contributed by atoms with Gasteiger partial charge >= 0.3 is 0 Å². The van der Waals surface area contributed by atoms with E-state index in [0.29, 0.717) is 13.2 Å². The van der Waals surface area contributed by atoms with Crippen molar-refractivity contribution in [2.75, 3.05) is 13.2 Å². The molecular weight excluding hydrogens is 240 g/mol. The summed E-state index contributed by atoms with van der Waals surface area (Å²) in [5.41, 5.74) is 0.774. The third-order valence-electron chi connectivity index (χ3n) is 4.01. The molecule has 3 heteroatoms. The lowest BCUT2D eigenvalue weighted by Gasteiger charge is -2.20. The summed E-state index contributed by atoms with van der Waals surface area (Å²) in [4.78, 5) is 12.5. The number of hydrogen-bond donors (Lipinski definition) is 0. The number of hydrogen-bond acceptors (Lipinski definition) is 3. The number of rotatable bonds is 2. The molecule has 0 amide bonds. The highest BCUT2D eigenvalue weighted by Crippen LogP contribution is 2.33. The van der Waals surface area contributed by atoms with Crippen molar-refractivity contribution >= 4 is 5.78 Å². The van der Waals surface area contributed by atoms with Crippen LogP contribution in [0.2, 0.25) is 0 Å². The first-order chi connectivity index (χ1) is 9.34. The summed E-state index contributed by atoms with van der Waals surface area (Å²) in [5, 5.41) is 0. The number of ketones is 1. The van der Waals surface area contributed by atoms with E-state index < -0.39 is 0 Å². The average Bonchev–Trinajstić information content (AvgIpc) is 2.72. The topological polar surface area (TPSA) is 35.5 Å². The number of fused-ring (bicyclic) bond motifs is 1. The molecule has 1 saturated carbocycles. The third-order valence-corrected chi connectivity index (χ3v) is 4.01. The van der Waals surface area contributed by atoms with Crippen LogP contribution in [0, 0.1) is 5.92 Å². The van der Waals surface area contributed by atoms with Crippen LogP contribution >= 0.6 is 0 Å². The normalized spacial score (nSPS) is 19.8. The van der Waals surface area contributed by atoms with Gasteiger partial charge in [-0.2, -0.15) is 0 Å². The van der Waals surface area contributed by atoms with Crippen molar-refractivity contribution in [1.82, 2.24) is 0 Å². The second kappa shape index (κ2) is 5.64. The maximum absolute atomic E-state index is 12.5. The van der Waals surface area contributed by atoms with E-state index in [4.69, 9.17) is 9.47 Å². The van der Waals surface area contributed by atoms with Crippen molar-refractivity contribution < 1.29 is 14.3 Å². The number of carbonyl (C=O) groups excluding carboxylic acids is 1. The van der Waals surface area contributed by atoms with Crippen LogP contribution in [0.4, 0.5) is 0 Å². The Morgan fingerprint density at radius 1 is 0.947 bits per heavy atom. The Kier molecular flexibility index (Phi) is 3.72. The van der Waals surface area contributed by atoms with Crippen molar-refractivity contribution in [2.45, 2.75) is 38.5 Å². The maximum Gasteiger partial charge on any atom is 0.166 e. The highest BCUT2D eigenvalue weighted by molar-refractivity contribution is 5.98. The van der Waals surface area contributed by atoms with Crippen LogP contribution < -0.4 is 9.47 Å². The van der Waals surface area contributed by atoms with Gasteiger partial charge in [0.15, 0.2) is 17.3 Å². The molecule has 19 heavy (non-hydrogen) atoms. The van der Waals surface area contributed by atoms with Gasteiger partial charge in [-0.3, -0.25) is 4.79 Å². The highest BCUT2D eigenvalue weighted by Gasteiger charge is 2.23. The summed E-state index contributed by atoms with van der Waals surface area (Å²) in [5.74, 6) is 1.96. The Morgan fingerprint density at radius 3 is 2.47 bits per heavy atom. The largest absolute Gasteiger partial charge is 0.490 e. The van der Waals surface area contributed by atoms with Crippen molar-refractivity contribution in [2.24, 2.45) is 5.92 Å². The zero-order chi connectivity index (χ0) is 13.1. The van der Waals surface area contributed by atoms with Crippen LogP contribution in [0.3, 0.4) is 0 Å². The molecule has 2 aliphatic rings. The van der Waals surface area contributed by atoms with E-state index in [1.54, 1.807) is 0 Å². The van der Waals surface area contributed by atoms with Gasteiger partial charge in [0.1, 0.15) is 0 Å². The van der Waals surface area contributed by atoms with E-state index in [1.165, 1.54) is 19.3 Å². The molecule has 3 nitrogen and oxygen atoms in total. The minimum atomic E-state index is 0.207. The quantitative estimate of drug-likeness (QED) is 0.762. The van der Waals surface area contributed by atoms with Gasteiger partial charge in [0, 0.05) is 17.9 Å². The third kappa shape index (κ3) is 2.75. The van der Waals surface area contributed by atoms with Gasteiger partial charge < -0.3 is 9.47 Å². The average molecular weight is 260 g/mol. The molecule has 0 bridgehead atoms. The molecule has 1 aromatic rings. The van der Waals surface area contributed by atoms with Gasteiger partial charge in [-0.25, -0.2) is 0 Å². The predicted molar refractivity (Wildman–Crippen MR) is 73.0 cm³/mol. The lowest BCUT2D eigenvalue weighted by Crippen LogP contribution is -2.17. The molecule has 3 rings (SSSR count). The summed E-state index contributed by atoms with van der Waals surface area (Å²) in [6.45, 7) is 1.34. The first kappa shape index (κ1) is 12.5. The molecular formula is C16H20O3. The molecule has 0 radical (unpaired) electrons. The fourth-order valence-corrected chi connectivity index (χ4v) is 2.92. The Morgan fingerprint density at radius 2 is 1.68 bits per heavy atom. The van der Waals surface area contributed by atoms with Crippen LogP contribution in [0.1, 0.15) is 48.9 Å². The fraction of sp³-hybridized carbons (Fsp3) is 0.562. The zero-order valence-electron chi connectivity index (χ0n) is 11.2. The van der Waals surface area contributed by atoms with E-state index in [1.807, 2.05) is 18.2 Å². The van der Waals surface area contributed by atoms with Crippen LogP contribution in [0.5, 0.6) is 11.5 Å². The number of carbonyl (C=O) groups is 1. The Hall–Kier alpha value is -1.51. The summed E-state index contributed by atoms with van der Waals surface area (Å²) in [6.07, 6.45) is 6.59. The second-order valence-corrected chi connectivity index (χ2v) is 5.41. The smallest absolute Gasteiger partial charge is 0.166 e. The molecule has 0 atom stereocenters. The predicted octanol–water partition coefficient (Wildman–Crippen LogP) is 3.61. The molecule has 1 heterocycles. The van der Waals surface area contributed by atoms with Gasteiger partial charge in [0.05, 0.1) is 13.2 Å². The molecule has 1 fully saturated rings. The molecule has 1 aromatic carbocycles. The second-order valence-electron chi connectivity index (χ2n) is 5.41. The first-order valence-electron chi connectivity index (χ1n) is 7.28. The molecule has 0 spiro atoms. The van der Waals surface area contributed by atoms with Crippen molar-refractivity contribution in [3.8, 4) is 11.5 Å². The van der Waals surface area contributed by atoms with E-state index in [2.05, 4.69) is 0 Å². The van der Waals surface area contributed by atoms with E-state index in [9.17, 15) is 4.79 Å². The summed E-state index contributed by atoms with van der Waals surface area (Å²) in [6, 6.07) is 5.61. The SMILES string of the molecule is O=C(c1ccc2c(c1)OCCCO2)C1CCCCC1. The maximum atomic E-state index is 12.5. The number of benzene rings is 1. The van der Waals surface area contributed by atoms with Crippen molar-refractivity contribution in [3.05, 3.63) is 23.8 Å². The van der Waals surface area contributed by atoms with Gasteiger partial charge in [0.25, 0.3) is 0 Å². The van der Waals surface area contributed by atoms with Crippen LogP contribution in [0.15, 0.2) is 18.2 Å².